The Morgan fingerprint density at radius 2 is 1.88 bits per heavy atom. The largest absolute Gasteiger partial charge is 0.343 e. The van der Waals surface area contributed by atoms with Crippen molar-refractivity contribution in [3.8, 4) is 0 Å². The molecule has 1 aromatic carbocycles. The van der Waals surface area contributed by atoms with Gasteiger partial charge in [-0.25, -0.2) is 5.10 Å². The van der Waals surface area contributed by atoms with Gasteiger partial charge < -0.3 is 5.32 Å². The molecule has 2 rings (SSSR count). The van der Waals surface area contributed by atoms with Crippen molar-refractivity contribution < 1.29 is 9.59 Å². The van der Waals surface area contributed by atoms with Crippen molar-refractivity contribution in [2.45, 2.75) is 38.3 Å². The van der Waals surface area contributed by atoms with Crippen molar-refractivity contribution in [1.82, 2.24) is 20.5 Å². The van der Waals surface area contributed by atoms with Crippen LogP contribution in [0.2, 0.25) is 0 Å². The molecule has 0 fully saturated rings. The molecule has 0 radical (unpaired) electrons. The monoisotopic (exact) mass is 361 g/mol. The molecule has 1 aromatic heterocycles. The van der Waals surface area contributed by atoms with Gasteiger partial charge in [0, 0.05) is 5.56 Å². The maximum Gasteiger partial charge on any atom is 0.251 e. The summed E-state index contributed by atoms with van der Waals surface area (Å²) in [7, 11) is 0. The lowest BCUT2D eigenvalue weighted by molar-refractivity contribution is -0.115. The predicted molar refractivity (Wildman–Crippen MR) is 98.9 cm³/mol. The van der Waals surface area contributed by atoms with Gasteiger partial charge in [-0.15, -0.1) is 5.10 Å². The van der Waals surface area contributed by atoms with Gasteiger partial charge in [-0.3, -0.25) is 14.9 Å². The smallest absolute Gasteiger partial charge is 0.251 e. The van der Waals surface area contributed by atoms with Gasteiger partial charge in [0.05, 0.1) is 6.54 Å². The highest BCUT2D eigenvalue weighted by atomic mass is 32.2. The zero-order valence-electron chi connectivity index (χ0n) is 14.8. The van der Waals surface area contributed by atoms with Gasteiger partial charge >= 0.3 is 0 Å². The highest BCUT2D eigenvalue weighted by Crippen LogP contribution is 2.22. The fraction of sp³-hybridized carbons (Fsp3) is 0.412. The van der Waals surface area contributed by atoms with Crippen LogP contribution in [0, 0.1) is 0 Å². The molecule has 0 saturated heterocycles. The number of carbonyl (C=O) groups is 2. The molecule has 7 nitrogen and oxygen atoms in total. The van der Waals surface area contributed by atoms with E-state index in [1.807, 2.05) is 19.1 Å². The molecule has 0 aliphatic rings. The first-order chi connectivity index (χ1) is 11.8. The molecule has 0 saturated carbocycles. The SMILES string of the molecule is CCSc1n[nH]c(NC(=O)CNC(=O)c2ccc(C(C)(C)C)cc2)n1. The van der Waals surface area contributed by atoms with Crippen LogP contribution in [-0.4, -0.2) is 39.3 Å². The van der Waals surface area contributed by atoms with Gasteiger partial charge in [-0.1, -0.05) is 51.6 Å². The van der Waals surface area contributed by atoms with E-state index in [-0.39, 0.29) is 29.7 Å². The van der Waals surface area contributed by atoms with Gasteiger partial charge in [-0.2, -0.15) is 4.98 Å². The first-order valence-corrected chi connectivity index (χ1v) is 9.02. The topological polar surface area (TPSA) is 99.8 Å². The second-order valence-corrected chi connectivity index (χ2v) is 7.69. The molecular formula is C17H23N5O2S. The average molecular weight is 361 g/mol. The molecule has 2 aromatic rings. The number of hydrogen-bond donors (Lipinski definition) is 3. The van der Waals surface area contributed by atoms with Gasteiger partial charge in [-0.05, 0) is 28.9 Å². The fourth-order valence-electron chi connectivity index (χ4n) is 2.06. The Morgan fingerprint density at radius 1 is 1.20 bits per heavy atom. The van der Waals surface area contributed by atoms with Crippen LogP contribution in [-0.2, 0) is 10.2 Å². The Kier molecular flexibility index (Phi) is 6.19. The van der Waals surface area contributed by atoms with Crippen LogP contribution in [0.3, 0.4) is 0 Å². The normalized spacial score (nSPS) is 11.2. The number of amides is 2. The molecule has 0 aliphatic heterocycles. The maximum atomic E-state index is 12.1. The molecule has 2 amide bonds. The number of nitrogens with one attached hydrogen (secondary N) is 3. The molecule has 1 heterocycles. The van der Waals surface area contributed by atoms with E-state index >= 15 is 0 Å². The molecule has 0 atom stereocenters. The molecule has 3 N–H and O–H groups in total. The van der Waals surface area contributed by atoms with Crippen LogP contribution in [0.4, 0.5) is 5.95 Å². The summed E-state index contributed by atoms with van der Waals surface area (Å²) in [6, 6.07) is 7.38. The first kappa shape index (κ1) is 19.0. The van der Waals surface area contributed by atoms with E-state index in [0.29, 0.717) is 10.7 Å². The minimum absolute atomic E-state index is 0.0287. The molecule has 25 heavy (non-hydrogen) atoms. The minimum Gasteiger partial charge on any atom is -0.343 e. The third-order valence-electron chi connectivity index (χ3n) is 3.42. The number of benzene rings is 1. The van der Waals surface area contributed by atoms with Crippen LogP contribution in [0.15, 0.2) is 29.4 Å². The van der Waals surface area contributed by atoms with Crippen molar-refractivity contribution in [2.24, 2.45) is 0 Å². The van der Waals surface area contributed by atoms with E-state index < -0.39 is 0 Å². The highest BCUT2D eigenvalue weighted by Gasteiger charge is 2.15. The molecule has 0 unspecified atom stereocenters. The molecule has 0 bridgehead atoms. The van der Waals surface area contributed by atoms with Crippen LogP contribution in [0.1, 0.15) is 43.6 Å². The summed E-state index contributed by atoms with van der Waals surface area (Å²) < 4.78 is 0. The van der Waals surface area contributed by atoms with Crippen LogP contribution in [0.5, 0.6) is 0 Å². The number of H-pyrrole nitrogens is 1. The molecular weight excluding hydrogens is 338 g/mol. The number of aromatic amines is 1. The molecule has 134 valence electrons. The second kappa shape index (κ2) is 8.15. The summed E-state index contributed by atoms with van der Waals surface area (Å²) in [4.78, 5) is 28.1. The second-order valence-electron chi connectivity index (χ2n) is 6.46. The van der Waals surface area contributed by atoms with Crippen LogP contribution < -0.4 is 10.6 Å². The predicted octanol–water partition coefficient (Wildman–Crippen LogP) is 2.58. The number of carbonyl (C=O) groups excluding carboxylic acids is 2. The number of nitrogens with zero attached hydrogens (tertiary/aromatic N) is 2. The molecule has 0 aliphatic carbocycles. The Morgan fingerprint density at radius 3 is 2.48 bits per heavy atom. The van der Waals surface area contributed by atoms with E-state index in [9.17, 15) is 9.59 Å². The van der Waals surface area contributed by atoms with Crippen molar-refractivity contribution >= 4 is 29.5 Å². The summed E-state index contributed by atoms with van der Waals surface area (Å²) in [5.74, 6) is 0.443. The van der Waals surface area contributed by atoms with E-state index in [1.54, 1.807) is 12.1 Å². The van der Waals surface area contributed by atoms with Crippen molar-refractivity contribution in [3.05, 3.63) is 35.4 Å². The number of anilines is 1. The summed E-state index contributed by atoms with van der Waals surface area (Å²) in [5.41, 5.74) is 1.69. The van der Waals surface area contributed by atoms with Gasteiger partial charge in [0.1, 0.15) is 0 Å². The van der Waals surface area contributed by atoms with Crippen LogP contribution in [0.25, 0.3) is 0 Å². The maximum absolute atomic E-state index is 12.1. The number of aromatic nitrogens is 3. The Bertz CT molecular complexity index is 734. The highest BCUT2D eigenvalue weighted by molar-refractivity contribution is 7.99. The van der Waals surface area contributed by atoms with Crippen molar-refractivity contribution in [2.75, 3.05) is 17.6 Å². The third kappa shape index (κ3) is 5.60. The van der Waals surface area contributed by atoms with Crippen molar-refractivity contribution in [1.29, 1.82) is 0 Å². The summed E-state index contributed by atoms with van der Waals surface area (Å²) >= 11 is 1.47. The van der Waals surface area contributed by atoms with Crippen LogP contribution >= 0.6 is 11.8 Å². The minimum atomic E-state index is -0.371. The Labute approximate surface area is 151 Å². The number of hydrogen-bond acceptors (Lipinski definition) is 5. The zero-order chi connectivity index (χ0) is 18.4. The lowest BCUT2D eigenvalue weighted by Gasteiger charge is -2.19. The summed E-state index contributed by atoms with van der Waals surface area (Å²) in [5, 5.41) is 12.3. The average Bonchev–Trinajstić information content (AvgIpc) is 2.99. The van der Waals surface area contributed by atoms with Gasteiger partial charge in [0.25, 0.3) is 5.91 Å². The number of rotatable bonds is 6. The quantitative estimate of drug-likeness (QED) is 0.687. The van der Waals surface area contributed by atoms with E-state index in [4.69, 9.17) is 0 Å². The fourth-order valence-corrected chi connectivity index (χ4v) is 2.58. The van der Waals surface area contributed by atoms with Gasteiger partial charge in [0.2, 0.25) is 17.0 Å². The van der Waals surface area contributed by atoms with Crippen molar-refractivity contribution in [3.63, 3.8) is 0 Å². The number of thioether (sulfide) groups is 1. The Hall–Kier alpha value is -2.35. The first-order valence-electron chi connectivity index (χ1n) is 8.03. The molecule has 8 heteroatoms. The van der Waals surface area contributed by atoms with E-state index in [2.05, 4.69) is 46.6 Å². The van der Waals surface area contributed by atoms with Gasteiger partial charge in [0.15, 0.2) is 0 Å². The van der Waals surface area contributed by atoms with E-state index in [0.717, 1.165) is 11.3 Å². The lowest BCUT2D eigenvalue weighted by atomic mass is 9.87. The van der Waals surface area contributed by atoms with E-state index in [1.165, 1.54) is 11.8 Å². The standard InChI is InChI=1S/C17H23N5O2S/c1-5-25-16-20-15(21-22-16)19-13(23)10-18-14(24)11-6-8-12(9-7-11)17(2,3)4/h6-9H,5,10H2,1-4H3,(H,18,24)(H2,19,20,21,22,23). The zero-order valence-corrected chi connectivity index (χ0v) is 15.7. The Balaban J connectivity index is 1.85. The molecule has 0 spiro atoms. The lowest BCUT2D eigenvalue weighted by Crippen LogP contribution is -2.33. The summed E-state index contributed by atoms with van der Waals surface area (Å²) in [6.07, 6.45) is 0. The third-order valence-corrected chi connectivity index (χ3v) is 4.15. The summed E-state index contributed by atoms with van der Waals surface area (Å²) in [6.45, 7) is 8.18.